The number of nitrogens with zero attached hydrogens (tertiary/aromatic N) is 4. The number of morpholine rings is 1. The first-order chi connectivity index (χ1) is 16.0. The number of thiophene rings is 1. The molecule has 1 N–H and O–H groups in total. The zero-order valence-electron chi connectivity index (χ0n) is 20.0. The SMILES string of the molecule is CCCCCNc1nc(SC)nc2c1sc1nc(N3CCOCC3)c3c(c12)CC(C)(C)OC3. The molecule has 33 heavy (non-hydrogen) atoms. The molecular weight excluding hydrogens is 454 g/mol. The van der Waals surface area contributed by atoms with Crippen molar-refractivity contribution in [1.29, 1.82) is 0 Å². The van der Waals surface area contributed by atoms with E-state index >= 15 is 0 Å². The zero-order valence-corrected chi connectivity index (χ0v) is 21.6. The van der Waals surface area contributed by atoms with Crippen molar-refractivity contribution in [1.82, 2.24) is 15.0 Å². The Labute approximate surface area is 203 Å². The molecular formula is C24H33N5O2S2. The summed E-state index contributed by atoms with van der Waals surface area (Å²) in [4.78, 5) is 18.4. The van der Waals surface area contributed by atoms with E-state index in [2.05, 4.69) is 31.0 Å². The summed E-state index contributed by atoms with van der Waals surface area (Å²) < 4.78 is 13.0. The lowest BCUT2D eigenvalue weighted by molar-refractivity contribution is -0.0396. The summed E-state index contributed by atoms with van der Waals surface area (Å²) >= 11 is 3.31. The largest absolute Gasteiger partial charge is 0.378 e. The first kappa shape index (κ1) is 23.1. The van der Waals surface area contributed by atoms with Crippen molar-refractivity contribution in [2.24, 2.45) is 0 Å². The van der Waals surface area contributed by atoms with Crippen LogP contribution in [0.3, 0.4) is 0 Å². The number of anilines is 2. The topological polar surface area (TPSA) is 72.4 Å². The van der Waals surface area contributed by atoms with Gasteiger partial charge >= 0.3 is 0 Å². The molecule has 5 heterocycles. The summed E-state index contributed by atoms with van der Waals surface area (Å²) in [5, 5.41) is 5.59. The van der Waals surface area contributed by atoms with Gasteiger partial charge in [-0.3, -0.25) is 0 Å². The summed E-state index contributed by atoms with van der Waals surface area (Å²) in [7, 11) is 0. The van der Waals surface area contributed by atoms with Gasteiger partial charge in [-0.15, -0.1) is 11.3 Å². The maximum atomic E-state index is 6.26. The number of aromatic nitrogens is 3. The van der Waals surface area contributed by atoms with Gasteiger partial charge in [0.2, 0.25) is 0 Å². The minimum atomic E-state index is -0.214. The zero-order chi connectivity index (χ0) is 23.0. The molecule has 0 saturated carbocycles. The van der Waals surface area contributed by atoms with Crippen LogP contribution in [0.4, 0.5) is 11.6 Å². The molecule has 2 aliphatic heterocycles. The van der Waals surface area contributed by atoms with E-state index in [0.29, 0.717) is 6.61 Å². The molecule has 7 nitrogen and oxygen atoms in total. The van der Waals surface area contributed by atoms with Gasteiger partial charge in [0.05, 0.1) is 35.6 Å². The fourth-order valence-electron chi connectivity index (χ4n) is 4.67. The number of hydrogen-bond donors (Lipinski definition) is 1. The second kappa shape index (κ2) is 9.52. The van der Waals surface area contributed by atoms with Crippen LogP contribution in [0.2, 0.25) is 0 Å². The number of hydrogen-bond acceptors (Lipinski definition) is 9. The fraction of sp³-hybridized carbons (Fsp3) is 0.625. The standard InChI is InChI=1S/C24H33N5O2S2/c1-5-6-7-8-25-20-19-18(26-23(27-20)32-4)17-15-13-24(2,3)31-14-16(15)21(28-22(17)33-19)29-9-11-30-12-10-29/h5-14H2,1-4H3,(H,25,26,27). The normalized spacial score (nSPS) is 18.1. The van der Waals surface area contributed by atoms with Crippen LogP contribution in [0.25, 0.3) is 20.4 Å². The smallest absolute Gasteiger partial charge is 0.189 e. The van der Waals surface area contributed by atoms with E-state index in [9.17, 15) is 0 Å². The van der Waals surface area contributed by atoms with Crippen LogP contribution in [-0.2, 0) is 22.5 Å². The van der Waals surface area contributed by atoms with E-state index in [1.54, 1.807) is 23.1 Å². The summed E-state index contributed by atoms with van der Waals surface area (Å²) in [5.74, 6) is 2.00. The third-order valence-corrected chi connectivity index (χ3v) is 8.04. The first-order valence-electron chi connectivity index (χ1n) is 11.9. The highest BCUT2D eigenvalue weighted by Gasteiger charge is 2.33. The molecule has 3 aromatic rings. The summed E-state index contributed by atoms with van der Waals surface area (Å²) in [6, 6.07) is 0. The number of nitrogens with one attached hydrogen (secondary N) is 1. The van der Waals surface area contributed by atoms with Gasteiger partial charge in [-0.1, -0.05) is 31.5 Å². The van der Waals surface area contributed by atoms with Crippen LogP contribution in [-0.4, -0.2) is 59.7 Å². The van der Waals surface area contributed by atoms with Crippen LogP contribution < -0.4 is 10.2 Å². The van der Waals surface area contributed by atoms with E-state index in [1.807, 2.05) is 6.26 Å². The van der Waals surface area contributed by atoms with Crippen molar-refractivity contribution in [2.45, 2.75) is 63.8 Å². The molecule has 5 rings (SSSR count). The molecule has 0 bridgehead atoms. The van der Waals surface area contributed by atoms with Gasteiger partial charge in [0.1, 0.15) is 16.5 Å². The number of thioether (sulfide) groups is 1. The molecule has 1 fully saturated rings. The predicted molar refractivity (Wildman–Crippen MR) is 138 cm³/mol. The monoisotopic (exact) mass is 487 g/mol. The van der Waals surface area contributed by atoms with Crippen LogP contribution in [0.15, 0.2) is 5.16 Å². The summed E-state index contributed by atoms with van der Waals surface area (Å²) in [5.41, 5.74) is 3.37. The molecule has 9 heteroatoms. The summed E-state index contributed by atoms with van der Waals surface area (Å²) in [6.45, 7) is 11.3. The van der Waals surface area contributed by atoms with Crippen LogP contribution in [0.1, 0.15) is 51.2 Å². The van der Waals surface area contributed by atoms with E-state index < -0.39 is 0 Å². The molecule has 0 unspecified atom stereocenters. The number of ether oxygens (including phenoxy) is 2. The molecule has 2 aliphatic rings. The molecule has 0 atom stereocenters. The molecule has 0 radical (unpaired) electrons. The third-order valence-electron chi connectivity index (χ3n) is 6.41. The average Bonchev–Trinajstić information content (AvgIpc) is 3.20. The molecule has 0 aromatic carbocycles. The molecule has 0 aliphatic carbocycles. The van der Waals surface area contributed by atoms with E-state index in [0.717, 1.165) is 77.5 Å². The fourth-order valence-corrected chi connectivity index (χ4v) is 6.14. The van der Waals surface area contributed by atoms with Gasteiger partial charge in [-0.05, 0) is 32.1 Å². The van der Waals surface area contributed by atoms with Crippen LogP contribution >= 0.6 is 23.1 Å². The van der Waals surface area contributed by atoms with Gasteiger partial charge in [-0.25, -0.2) is 15.0 Å². The molecule has 0 spiro atoms. The Hall–Kier alpha value is -1.68. The molecule has 0 amide bonds. The van der Waals surface area contributed by atoms with E-state index in [-0.39, 0.29) is 5.60 Å². The molecule has 3 aromatic heterocycles. The minimum absolute atomic E-state index is 0.214. The van der Waals surface area contributed by atoms with E-state index in [4.69, 9.17) is 24.4 Å². The van der Waals surface area contributed by atoms with Crippen molar-refractivity contribution in [3.63, 3.8) is 0 Å². The molecule has 1 saturated heterocycles. The summed E-state index contributed by atoms with van der Waals surface area (Å²) in [6.07, 6.45) is 6.45. The quantitative estimate of drug-likeness (QED) is 0.275. The van der Waals surface area contributed by atoms with Crippen molar-refractivity contribution in [2.75, 3.05) is 49.3 Å². The third kappa shape index (κ3) is 4.52. The molecule has 178 valence electrons. The maximum absolute atomic E-state index is 6.26. The second-order valence-electron chi connectivity index (χ2n) is 9.37. The Morgan fingerprint density at radius 1 is 1.12 bits per heavy atom. The maximum Gasteiger partial charge on any atom is 0.189 e. The lowest BCUT2D eigenvalue weighted by Crippen LogP contribution is -2.39. The lowest BCUT2D eigenvalue weighted by Gasteiger charge is -2.36. The Bertz CT molecular complexity index is 1160. The van der Waals surface area contributed by atoms with Crippen molar-refractivity contribution in [3.8, 4) is 0 Å². The van der Waals surface area contributed by atoms with Crippen LogP contribution in [0.5, 0.6) is 0 Å². The van der Waals surface area contributed by atoms with Gasteiger partial charge in [0, 0.05) is 37.0 Å². The lowest BCUT2D eigenvalue weighted by atomic mass is 9.90. The highest BCUT2D eigenvalue weighted by Crippen LogP contribution is 2.44. The average molecular weight is 488 g/mol. The highest BCUT2D eigenvalue weighted by molar-refractivity contribution is 7.98. The van der Waals surface area contributed by atoms with Gasteiger partial charge in [-0.2, -0.15) is 0 Å². The Morgan fingerprint density at radius 2 is 1.94 bits per heavy atom. The van der Waals surface area contributed by atoms with Gasteiger partial charge in [0.25, 0.3) is 0 Å². The van der Waals surface area contributed by atoms with Gasteiger partial charge < -0.3 is 19.7 Å². The Balaban J connectivity index is 1.70. The number of unbranched alkanes of at least 4 members (excludes halogenated alkanes) is 2. The van der Waals surface area contributed by atoms with Gasteiger partial charge in [0.15, 0.2) is 5.16 Å². The van der Waals surface area contributed by atoms with Crippen molar-refractivity contribution >= 4 is 55.2 Å². The number of fused-ring (bicyclic) bond motifs is 5. The van der Waals surface area contributed by atoms with Crippen LogP contribution in [0, 0.1) is 0 Å². The Morgan fingerprint density at radius 3 is 2.70 bits per heavy atom. The first-order valence-corrected chi connectivity index (χ1v) is 14.0. The predicted octanol–water partition coefficient (Wildman–Crippen LogP) is 5.25. The number of pyridine rings is 1. The Kier molecular flexibility index (Phi) is 6.66. The van der Waals surface area contributed by atoms with Crippen molar-refractivity contribution in [3.05, 3.63) is 11.1 Å². The van der Waals surface area contributed by atoms with E-state index in [1.165, 1.54) is 29.4 Å². The second-order valence-corrected chi connectivity index (χ2v) is 11.1. The highest BCUT2D eigenvalue weighted by atomic mass is 32.2. The minimum Gasteiger partial charge on any atom is -0.378 e. The van der Waals surface area contributed by atoms with Crippen molar-refractivity contribution < 1.29 is 9.47 Å². The number of rotatable bonds is 7.